The van der Waals surface area contributed by atoms with Gasteiger partial charge in [-0.25, -0.2) is 13.6 Å². The molecule has 0 aromatic heterocycles. The van der Waals surface area contributed by atoms with Crippen molar-refractivity contribution in [2.75, 3.05) is 6.61 Å². The van der Waals surface area contributed by atoms with E-state index in [2.05, 4.69) is 0 Å². The van der Waals surface area contributed by atoms with E-state index in [-0.39, 0.29) is 23.7 Å². The monoisotopic (exact) mass is 440 g/mol. The van der Waals surface area contributed by atoms with Crippen LogP contribution in [0.3, 0.4) is 0 Å². The maximum absolute atomic E-state index is 14.8. The second-order valence-electron chi connectivity index (χ2n) is 8.36. The van der Waals surface area contributed by atoms with Gasteiger partial charge in [-0.1, -0.05) is 24.3 Å². The molecule has 4 rings (SSSR count). The minimum Gasteiger partial charge on any atom is -0.489 e. The molecule has 0 heterocycles. The molecule has 0 radical (unpaired) electrons. The van der Waals surface area contributed by atoms with E-state index in [0.717, 1.165) is 12.8 Å². The summed E-state index contributed by atoms with van der Waals surface area (Å²) < 4.78 is 33.7. The molecule has 0 aliphatic heterocycles. The van der Waals surface area contributed by atoms with E-state index in [9.17, 15) is 28.6 Å². The quantitative estimate of drug-likeness (QED) is 0.637. The first-order valence-corrected chi connectivity index (χ1v) is 10.3. The standard InChI is InChI=1S/C25H22F2O5/c1-25(24(30)31)12-15(13-32-17-10-8-16(26)9-11-17)20(14-6-7-14)21(23(28)29)22(25)18-4-2-3-5-19(18)27/h2-5,8-12,14,22H,6-7,13H2,1H3,(H,28,29)(H,30,31). The van der Waals surface area contributed by atoms with Crippen LogP contribution < -0.4 is 4.74 Å². The molecule has 1 saturated carbocycles. The summed E-state index contributed by atoms with van der Waals surface area (Å²) in [6.07, 6.45) is 3.01. The van der Waals surface area contributed by atoms with Crippen molar-refractivity contribution in [2.45, 2.75) is 25.7 Å². The summed E-state index contributed by atoms with van der Waals surface area (Å²) >= 11 is 0. The number of halogens is 2. The number of benzene rings is 2. The summed E-state index contributed by atoms with van der Waals surface area (Å²) in [7, 11) is 0. The first-order valence-electron chi connectivity index (χ1n) is 10.3. The predicted octanol–water partition coefficient (Wildman–Crippen LogP) is 4.95. The van der Waals surface area contributed by atoms with Crippen LogP contribution >= 0.6 is 0 Å². The van der Waals surface area contributed by atoms with Crippen molar-refractivity contribution in [1.82, 2.24) is 0 Å². The van der Waals surface area contributed by atoms with Gasteiger partial charge in [0.1, 0.15) is 24.0 Å². The van der Waals surface area contributed by atoms with Crippen LogP contribution in [-0.4, -0.2) is 28.8 Å². The van der Waals surface area contributed by atoms with E-state index in [1.807, 2.05) is 0 Å². The normalized spacial score (nSPS) is 23.0. The van der Waals surface area contributed by atoms with Gasteiger partial charge in [-0.15, -0.1) is 0 Å². The molecule has 2 aliphatic carbocycles. The molecule has 0 amide bonds. The van der Waals surface area contributed by atoms with E-state index in [1.165, 1.54) is 55.5 Å². The summed E-state index contributed by atoms with van der Waals surface area (Å²) in [6.45, 7) is 1.32. The van der Waals surface area contributed by atoms with E-state index in [0.29, 0.717) is 16.9 Å². The van der Waals surface area contributed by atoms with Crippen LogP contribution in [0, 0.1) is 23.0 Å². The Morgan fingerprint density at radius 2 is 1.72 bits per heavy atom. The molecular weight excluding hydrogens is 418 g/mol. The Bertz CT molecular complexity index is 1130. The van der Waals surface area contributed by atoms with Crippen molar-refractivity contribution < 1.29 is 33.3 Å². The zero-order valence-electron chi connectivity index (χ0n) is 17.3. The largest absolute Gasteiger partial charge is 0.489 e. The van der Waals surface area contributed by atoms with Gasteiger partial charge in [0, 0.05) is 11.5 Å². The van der Waals surface area contributed by atoms with Gasteiger partial charge in [0.25, 0.3) is 0 Å². The molecule has 5 nitrogen and oxygen atoms in total. The van der Waals surface area contributed by atoms with Gasteiger partial charge in [-0.2, -0.15) is 0 Å². The molecule has 2 N–H and O–H groups in total. The summed E-state index contributed by atoms with van der Waals surface area (Å²) in [6, 6.07) is 11.0. The van der Waals surface area contributed by atoms with Crippen LogP contribution in [0.5, 0.6) is 5.75 Å². The molecule has 2 atom stereocenters. The fraction of sp³-hybridized carbons (Fsp3) is 0.280. The number of carbonyl (C=O) groups is 2. The highest BCUT2D eigenvalue weighted by atomic mass is 19.1. The van der Waals surface area contributed by atoms with Gasteiger partial charge < -0.3 is 14.9 Å². The van der Waals surface area contributed by atoms with Crippen molar-refractivity contribution in [3.05, 3.63) is 88.5 Å². The Balaban J connectivity index is 1.85. The van der Waals surface area contributed by atoms with Crippen LogP contribution in [0.25, 0.3) is 0 Å². The van der Waals surface area contributed by atoms with Gasteiger partial charge in [0.2, 0.25) is 0 Å². The van der Waals surface area contributed by atoms with E-state index < -0.39 is 34.9 Å². The molecule has 2 unspecified atom stereocenters. The molecule has 0 spiro atoms. The van der Waals surface area contributed by atoms with Crippen LogP contribution in [0.2, 0.25) is 0 Å². The summed E-state index contributed by atoms with van der Waals surface area (Å²) in [4.78, 5) is 24.9. The first-order chi connectivity index (χ1) is 15.2. The predicted molar refractivity (Wildman–Crippen MR) is 112 cm³/mol. The van der Waals surface area contributed by atoms with Crippen LogP contribution in [0.15, 0.2) is 71.3 Å². The van der Waals surface area contributed by atoms with E-state index >= 15 is 0 Å². The molecule has 32 heavy (non-hydrogen) atoms. The van der Waals surface area contributed by atoms with Crippen molar-refractivity contribution >= 4 is 11.9 Å². The minimum atomic E-state index is -1.71. The highest BCUT2D eigenvalue weighted by Crippen LogP contribution is 2.54. The molecule has 166 valence electrons. The lowest BCUT2D eigenvalue weighted by Gasteiger charge is -2.38. The average Bonchev–Trinajstić information content (AvgIpc) is 3.58. The zero-order valence-corrected chi connectivity index (χ0v) is 17.3. The molecule has 1 fully saturated rings. The van der Waals surface area contributed by atoms with Crippen molar-refractivity contribution in [2.24, 2.45) is 11.3 Å². The molecule has 2 aromatic carbocycles. The Morgan fingerprint density at radius 3 is 2.28 bits per heavy atom. The lowest BCUT2D eigenvalue weighted by molar-refractivity contribution is -0.146. The second-order valence-corrected chi connectivity index (χ2v) is 8.36. The number of rotatable bonds is 7. The topological polar surface area (TPSA) is 83.8 Å². The number of carboxylic acids is 2. The average molecular weight is 440 g/mol. The third-order valence-electron chi connectivity index (χ3n) is 6.10. The van der Waals surface area contributed by atoms with E-state index in [1.54, 1.807) is 6.07 Å². The Hall–Kier alpha value is -3.48. The third-order valence-corrected chi connectivity index (χ3v) is 6.10. The molecule has 2 aliphatic rings. The lowest BCUT2D eigenvalue weighted by atomic mass is 9.63. The smallest absolute Gasteiger partial charge is 0.332 e. The molecule has 0 bridgehead atoms. The Morgan fingerprint density at radius 1 is 1.06 bits per heavy atom. The lowest BCUT2D eigenvalue weighted by Crippen LogP contribution is -2.40. The summed E-state index contributed by atoms with van der Waals surface area (Å²) in [5.74, 6) is -4.52. The Kier molecular flexibility index (Phi) is 5.59. The maximum Gasteiger partial charge on any atom is 0.332 e. The summed E-state index contributed by atoms with van der Waals surface area (Å²) in [5.41, 5.74) is -0.834. The molecule has 0 saturated heterocycles. The van der Waals surface area contributed by atoms with E-state index in [4.69, 9.17) is 4.74 Å². The fourth-order valence-electron chi connectivity index (χ4n) is 4.43. The highest BCUT2D eigenvalue weighted by molar-refractivity contribution is 5.95. The number of hydrogen-bond acceptors (Lipinski definition) is 3. The first kappa shape index (κ1) is 21.7. The molecule has 7 heteroatoms. The minimum absolute atomic E-state index is 0.0303. The fourth-order valence-corrected chi connectivity index (χ4v) is 4.43. The zero-order chi connectivity index (χ0) is 23.0. The SMILES string of the molecule is CC1(C(=O)O)C=C(COc2ccc(F)cc2)C(C2CC2)=C(C(=O)O)C1c1ccccc1F. The summed E-state index contributed by atoms with van der Waals surface area (Å²) in [5, 5.41) is 20.3. The third kappa shape index (κ3) is 3.90. The van der Waals surface area contributed by atoms with Gasteiger partial charge in [-0.3, -0.25) is 4.79 Å². The van der Waals surface area contributed by atoms with Crippen molar-refractivity contribution in [1.29, 1.82) is 0 Å². The van der Waals surface area contributed by atoms with Crippen LogP contribution in [0.1, 0.15) is 31.2 Å². The van der Waals surface area contributed by atoms with Gasteiger partial charge >= 0.3 is 11.9 Å². The number of carboxylic acid groups (broad SMARTS) is 2. The Labute approximate surface area is 183 Å². The highest BCUT2D eigenvalue weighted by Gasteiger charge is 2.51. The number of hydrogen-bond donors (Lipinski definition) is 2. The molecule has 2 aromatic rings. The van der Waals surface area contributed by atoms with Gasteiger partial charge in [0.05, 0.1) is 5.41 Å². The van der Waals surface area contributed by atoms with Gasteiger partial charge in [0.15, 0.2) is 0 Å². The van der Waals surface area contributed by atoms with Gasteiger partial charge in [-0.05, 0) is 72.7 Å². The maximum atomic E-state index is 14.8. The number of aliphatic carboxylic acids is 2. The number of ether oxygens (including phenoxy) is 1. The molecular formula is C25H22F2O5. The van der Waals surface area contributed by atoms with Crippen molar-refractivity contribution in [3.63, 3.8) is 0 Å². The second kappa shape index (κ2) is 8.22. The van der Waals surface area contributed by atoms with Crippen LogP contribution in [-0.2, 0) is 9.59 Å². The van der Waals surface area contributed by atoms with Crippen LogP contribution in [0.4, 0.5) is 8.78 Å². The van der Waals surface area contributed by atoms with Crippen molar-refractivity contribution in [3.8, 4) is 5.75 Å².